The zero-order valence-corrected chi connectivity index (χ0v) is 24.4. The molecule has 4 heteroatoms. The molecule has 12 atom stereocenters. The molecule has 5 rings (SSSR count). The first kappa shape index (κ1) is 26.7. The Morgan fingerprint density at radius 3 is 2.28 bits per heavy atom. The third kappa shape index (κ3) is 3.28. The highest BCUT2D eigenvalue weighted by molar-refractivity contribution is 5.66. The van der Waals surface area contributed by atoms with Crippen molar-refractivity contribution in [2.24, 2.45) is 56.7 Å². The van der Waals surface area contributed by atoms with Crippen molar-refractivity contribution in [2.45, 2.75) is 126 Å². The minimum absolute atomic E-state index is 0.0342. The lowest BCUT2D eigenvalue weighted by Gasteiger charge is -2.72. The van der Waals surface area contributed by atoms with Crippen LogP contribution in [-0.2, 0) is 9.53 Å². The summed E-state index contributed by atoms with van der Waals surface area (Å²) in [7, 11) is 0. The van der Waals surface area contributed by atoms with Crippen molar-refractivity contribution in [3.05, 3.63) is 11.6 Å². The van der Waals surface area contributed by atoms with Crippen LogP contribution in [0.2, 0.25) is 0 Å². The van der Waals surface area contributed by atoms with Crippen molar-refractivity contribution in [3.8, 4) is 0 Å². The van der Waals surface area contributed by atoms with Crippen LogP contribution in [0.5, 0.6) is 0 Å². The van der Waals surface area contributed by atoms with Gasteiger partial charge in [0.05, 0.1) is 12.2 Å². The van der Waals surface area contributed by atoms with E-state index in [1.807, 2.05) is 0 Å². The van der Waals surface area contributed by atoms with Crippen LogP contribution in [0.4, 0.5) is 0 Å². The van der Waals surface area contributed by atoms with Gasteiger partial charge in [0.15, 0.2) is 0 Å². The largest absolute Gasteiger partial charge is 0.459 e. The molecule has 4 nitrogen and oxygen atoms in total. The Kier molecular flexibility index (Phi) is 5.99. The molecule has 0 aromatic rings. The van der Waals surface area contributed by atoms with Crippen molar-refractivity contribution in [3.63, 3.8) is 0 Å². The fourth-order valence-electron chi connectivity index (χ4n) is 11.5. The van der Waals surface area contributed by atoms with E-state index < -0.39 is 18.3 Å². The Balaban J connectivity index is 1.61. The quantitative estimate of drug-likeness (QED) is 0.317. The number of fused-ring (bicyclic) bond motifs is 7. The van der Waals surface area contributed by atoms with Crippen LogP contribution >= 0.6 is 0 Å². The van der Waals surface area contributed by atoms with E-state index in [9.17, 15) is 15.0 Å². The van der Waals surface area contributed by atoms with Gasteiger partial charge in [-0.05, 0) is 90.3 Å². The second kappa shape index (κ2) is 8.07. The highest BCUT2D eigenvalue weighted by Crippen LogP contribution is 2.75. The zero-order valence-electron chi connectivity index (χ0n) is 24.4. The molecule has 0 unspecified atom stereocenters. The van der Waals surface area contributed by atoms with Gasteiger partial charge < -0.3 is 14.9 Å². The Morgan fingerprint density at radius 2 is 1.64 bits per heavy atom. The number of carbonyl (C=O) groups is 1. The highest BCUT2D eigenvalue weighted by Gasteiger charge is 2.71. The molecule has 0 aromatic carbocycles. The molecule has 0 aromatic heterocycles. The number of aliphatic hydroxyl groups is 2. The Labute approximate surface area is 219 Å². The number of hydrogen-bond donors (Lipinski definition) is 2. The molecule has 4 fully saturated rings. The first-order valence-corrected chi connectivity index (χ1v) is 14.8. The number of aliphatic hydroxyl groups excluding tert-OH is 2. The van der Waals surface area contributed by atoms with Gasteiger partial charge >= 0.3 is 5.97 Å². The van der Waals surface area contributed by atoms with Gasteiger partial charge in [-0.1, -0.05) is 67.0 Å². The van der Waals surface area contributed by atoms with Gasteiger partial charge in [-0.3, -0.25) is 4.79 Å². The van der Waals surface area contributed by atoms with Crippen molar-refractivity contribution >= 4 is 5.97 Å². The van der Waals surface area contributed by atoms with Gasteiger partial charge in [-0.25, -0.2) is 0 Å². The number of ether oxygens (including phenoxy) is 1. The lowest BCUT2D eigenvalue weighted by molar-refractivity contribution is -0.252. The van der Waals surface area contributed by atoms with Gasteiger partial charge in [0.1, 0.15) is 6.10 Å². The summed E-state index contributed by atoms with van der Waals surface area (Å²) in [6.07, 6.45) is 8.35. The summed E-state index contributed by atoms with van der Waals surface area (Å²) >= 11 is 0. The molecular formula is C32H52O4. The van der Waals surface area contributed by atoms with Crippen molar-refractivity contribution in [1.29, 1.82) is 0 Å². The van der Waals surface area contributed by atoms with Crippen molar-refractivity contribution in [1.82, 2.24) is 0 Å². The maximum absolute atomic E-state index is 12.1. The summed E-state index contributed by atoms with van der Waals surface area (Å²) in [5, 5.41) is 23.5. The third-order valence-electron chi connectivity index (χ3n) is 13.5. The van der Waals surface area contributed by atoms with E-state index in [-0.39, 0.29) is 39.5 Å². The molecule has 5 aliphatic rings. The zero-order chi connectivity index (χ0) is 26.6. The number of esters is 1. The molecule has 0 bridgehead atoms. The number of hydrogen-bond acceptors (Lipinski definition) is 4. The first-order chi connectivity index (χ1) is 16.5. The van der Waals surface area contributed by atoms with E-state index in [0.717, 1.165) is 18.8 Å². The number of allylic oxidation sites excluding steroid dienone is 1. The molecule has 36 heavy (non-hydrogen) atoms. The molecule has 4 saturated carbocycles. The molecule has 0 amide bonds. The molecule has 5 aliphatic carbocycles. The van der Waals surface area contributed by atoms with E-state index in [1.165, 1.54) is 32.6 Å². The van der Waals surface area contributed by atoms with Gasteiger partial charge in [0, 0.05) is 18.3 Å². The minimum atomic E-state index is -0.716. The highest BCUT2D eigenvalue weighted by atomic mass is 16.6. The topological polar surface area (TPSA) is 66.8 Å². The van der Waals surface area contributed by atoms with Gasteiger partial charge in [0.2, 0.25) is 0 Å². The lowest BCUT2D eigenvalue weighted by atomic mass is 9.33. The summed E-state index contributed by atoms with van der Waals surface area (Å²) in [4.78, 5) is 11.9. The first-order valence-electron chi connectivity index (χ1n) is 14.8. The minimum Gasteiger partial charge on any atom is -0.459 e. The van der Waals surface area contributed by atoms with Gasteiger partial charge in [-0.15, -0.1) is 0 Å². The average molecular weight is 501 g/mol. The predicted octanol–water partition coefficient (Wildman–Crippen LogP) is 6.54. The van der Waals surface area contributed by atoms with Crippen molar-refractivity contribution < 1.29 is 19.7 Å². The van der Waals surface area contributed by atoms with Crippen LogP contribution < -0.4 is 0 Å². The SMILES string of the molecule is CC(=O)O[C@H]1[C@H](O)C[C@]2(C)[C@H]3[C@H](O)C=C4[C@@H]5[C@@H](C)[C@H](C)CC[C@]5(C)CC[C@@]4(C)[C@]3(C)CC[C@H]2C1(C)C. The monoisotopic (exact) mass is 500 g/mol. The van der Waals surface area contributed by atoms with E-state index >= 15 is 0 Å². The molecule has 204 valence electrons. The summed E-state index contributed by atoms with van der Waals surface area (Å²) in [5.41, 5.74) is 1.32. The molecule has 0 saturated heterocycles. The Morgan fingerprint density at radius 1 is 0.972 bits per heavy atom. The van der Waals surface area contributed by atoms with Crippen LogP contribution in [0, 0.1) is 56.7 Å². The second-order valence-corrected chi connectivity index (χ2v) is 15.6. The Hall–Kier alpha value is -0.870. The van der Waals surface area contributed by atoms with Crippen molar-refractivity contribution in [2.75, 3.05) is 0 Å². The van der Waals surface area contributed by atoms with Crippen LogP contribution in [0.1, 0.15) is 107 Å². The van der Waals surface area contributed by atoms with Gasteiger partial charge in [-0.2, -0.15) is 0 Å². The van der Waals surface area contributed by atoms with E-state index in [4.69, 9.17) is 4.74 Å². The standard InChI is InChI=1S/C32H52O4/c1-18-10-12-29(6)14-15-31(8)21(25(29)19(18)2)16-22(34)26-30(7)17-23(35)27(36-20(3)33)28(4,5)24(30)11-13-32(26,31)9/h16,18-19,22-27,34-35H,10-15,17H2,1-9H3/t18-,19+,22-,23-,24+,25+,26-,27+,29-,30+,31-,32-/m1/s1. The number of rotatable bonds is 1. The van der Waals surface area contributed by atoms with E-state index in [2.05, 4.69) is 61.5 Å². The van der Waals surface area contributed by atoms with E-state index in [0.29, 0.717) is 23.7 Å². The molecule has 0 spiro atoms. The van der Waals surface area contributed by atoms with Crippen LogP contribution in [0.3, 0.4) is 0 Å². The predicted molar refractivity (Wildman–Crippen MR) is 143 cm³/mol. The maximum Gasteiger partial charge on any atom is 0.303 e. The summed E-state index contributed by atoms with van der Waals surface area (Å²) in [6.45, 7) is 20.5. The van der Waals surface area contributed by atoms with Gasteiger partial charge in [0.25, 0.3) is 0 Å². The third-order valence-corrected chi connectivity index (χ3v) is 13.5. The van der Waals surface area contributed by atoms with Crippen LogP contribution in [0.25, 0.3) is 0 Å². The second-order valence-electron chi connectivity index (χ2n) is 15.6. The Bertz CT molecular complexity index is 954. The normalized spacial score (nSPS) is 55.8. The fourth-order valence-corrected chi connectivity index (χ4v) is 11.5. The van der Waals surface area contributed by atoms with E-state index in [1.54, 1.807) is 5.57 Å². The molecule has 2 N–H and O–H groups in total. The smallest absolute Gasteiger partial charge is 0.303 e. The molecule has 0 aliphatic heterocycles. The summed E-state index contributed by atoms with van der Waals surface area (Å²) in [6, 6.07) is 0. The fraction of sp³-hybridized carbons (Fsp3) is 0.906. The molecular weight excluding hydrogens is 448 g/mol. The lowest BCUT2D eigenvalue weighted by Crippen LogP contribution is -2.69. The molecule has 0 heterocycles. The van der Waals surface area contributed by atoms with Crippen LogP contribution in [-0.4, -0.2) is 34.5 Å². The maximum atomic E-state index is 12.1. The number of carbonyl (C=O) groups excluding carboxylic acids is 1. The average Bonchev–Trinajstić information content (AvgIpc) is 2.75. The van der Waals surface area contributed by atoms with Crippen LogP contribution in [0.15, 0.2) is 11.6 Å². The summed E-state index contributed by atoms with van der Waals surface area (Å²) in [5.74, 6) is 1.91. The summed E-state index contributed by atoms with van der Waals surface area (Å²) < 4.78 is 5.74. The molecule has 0 radical (unpaired) electrons.